The summed E-state index contributed by atoms with van der Waals surface area (Å²) in [5.41, 5.74) is 4.93. The maximum atomic E-state index is 10.5. The summed E-state index contributed by atoms with van der Waals surface area (Å²) in [6.07, 6.45) is 0. The summed E-state index contributed by atoms with van der Waals surface area (Å²) in [6, 6.07) is 1.99. The zero-order valence-electron chi connectivity index (χ0n) is 6.19. The largest absolute Gasteiger partial charge is 0.744 e. The minimum absolute atomic E-state index is 0.0234. The van der Waals surface area contributed by atoms with E-state index in [1.54, 1.807) is 0 Å². The molecule has 1 aromatic carbocycles. The van der Waals surface area contributed by atoms with Crippen LogP contribution in [0.15, 0.2) is 17.0 Å². The zero-order valence-corrected chi connectivity index (χ0v) is 7.76. The maximum absolute atomic E-state index is 10.5. The van der Waals surface area contributed by atoms with Gasteiger partial charge in [-0.25, -0.2) is 8.42 Å². The van der Waals surface area contributed by atoms with Gasteiger partial charge in [0.2, 0.25) is 0 Å². The van der Waals surface area contributed by atoms with Gasteiger partial charge >= 0.3 is 0 Å². The van der Waals surface area contributed by atoms with Gasteiger partial charge in [-0.05, 0) is 12.1 Å². The number of phenolic OH excluding ortho intramolecular Hbond substituents is 1. The van der Waals surface area contributed by atoms with Crippen molar-refractivity contribution in [3.05, 3.63) is 17.2 Å². The van der Waals surface area contributed by atoms with Crippen LogP contribution in [0, 0.1) is 0 Å². The zero-order chi connectivity index (χ0) is 10.2. The van der Waals surface area contributed by atoms with Gasteiger partial charge in [0.25, 0.3) is 0 Å². The average Bonchev–Trinajstić information content (AvgIpc) is 1.94. The number of nitrogens with two attached hydrogens (primary N) is 1. The van der Waals surface area contributed by atoms with Crippen LogP contribution < -0.4 is 5.73 Å². The molecule has 13 heavy (non-hydrogen) atoms. The van der Waals surface area contributed by atoms with Gasteiger partial charge in [-0.2, -0.15) is 0 Å². The molecule has 0 bridgehead atoms. The van der Waals surface area contributed by atoms with Gasteiger partial charge in [0.05, 0.1) is 10.6 Å². The Hall–Kier alpha value is -0.980. The fourth-order valence-electron chi connectivity index (χ4n) is 0.785. The van der Waals surface area contributed by atoms with Crippen molar-refractivity contribution in [2.75, 3.05) is 5.73 Å². The molecular weight excluding hydrogens is 218 g/mol. The van der Waals surface area contributed by atoms with E-state index in [9.17, 15) is 13.0 Å². The standard InChI is InChI=1S/C6H6ClNO4S/c7-3-1-4(8)6(9)5(2-3)13(10,11)12/h1-2,9H,8H2,(H,10,11,12)/p-1. The van der Waals surface area contributed by atoms with Crippen LogP contribution in [-0.4, -0.2) is 18.1 Å². The first-order valence-corrected chi connectivity index (χ1v) is 4.85. The van der Waals surface area contributed by atoms with Crippen LogP contribution in [0.4, 0.5) is 5.69 Å². The predicted molar refractivity (Wildman–Crippen MR) is 45.5 cm³/mol. The van der Waals surface area contributed by atoms with E-state index in [-0.39, 0.29) is 10.7 Å². The first-order chi connectivity index (χ1) is 5.82. The maximum Gasteiger partial charge on any atom is 0.156 e. The van der Waals surface area contributed by atoms with Gasteiger partial charge in [-0.3, -0.25) is 0 Å². The van der Waals surface area contributed by atoms with E-state index in [1.807, 2.05) is 0 Å². The van der Waals surface area contributed by atoms with Crippen molar-refractivity contribution < 1.29 is 18.1 Å². The van der Waals surface area contributed by atoms with Crippen LogP contribution >= 0.6 is 11.6 Å². The molecule has 3 N–H and O–H groups in total. The highest BCUT2D eigenvalue weighted by Crippen LogP contribution is 2.31. The summed E-state index contributed by atoms with van der Waals surface area (Å²) >= 11 is 5.43. The van der Waals surface area contributed by atoms with Gasteiger partial charge in [0, 0.05) is 5.02 Å². The number of rotatable bonds is 1. The molecule has 0 aliphatic carbocycles. The molecule has 0 amide bonds. The van der Waals surface area contributed by atoms with Crippen molar-refractivity contribution in [2.45, 2.75) is 4.90 Å². The lowest BCUT2D eigenvalue weighted by molar-refractivity contribution is 0.437. The second kappa shape index (κ2) is 3.06. The van der Waals surface area contributed by atoms with Crippen molar-refractivity contribution >= 4 is 27.4 Å². The number of nitrogen functional groups attached to an aromatic ring is 1. The second-order valence-electron chi connectivity index (χ2n) is 2.30. The Morgan fingerprint density at radius 1 is 1.46 bits per heavy atom. The monoisotopic (exact) mass is 222 g/mol. The summed E-state index contributed by atoms with van der Waals surface area (Å²) in [5, 5.41) is 9.07. The Morgan fingerprint density at radius 3 is 2.46 bits per heavy atom. The Bertz CT molecular complexity index is 442. The molecular formula is C6H5ClNO4S-. The summed E-state index contributed by atoms with van der Waals surface area (Å²) in [4.78, 5) is -0.808. The van der Waals surface area contributed by atoms with Gasteiger partial charge < -0.3 is 15.4 Å². The van der Waals surface area contributed by atoms with E-state index < -0.39 is 20.8 Å². The topological polar surface area (TPSA) is 103 Å². The number of halogens is 1. The first kappa shape index (κ1) is 10.1. The highest BCUT2D eigenvalue weighted by molar-refractivity contribution is 7.85. The van der Waals surface area contributed by atoms with Crippen LogP contribution in [0.5, 0.6) is 5.75 Å². The van der Waals surface area contributed by atoms with E-state index in [1.165, 1.54) is 0 Å². The number of hydrogen-bond donors (Lipinski definition) is 2. The van der Waals surface area contributed by atoms with Gasteiger partial charge in [0.15, 0.2) is 5.75 Å². The molecule has 0 fully saturated rings. The molecule has 0 aliphatic heterocycles. The highest BCUT2D eigenvalue weighted by atomic mass is 35.5. The van der Waals surface area contributed by atoms with Crippen LogP contribution in [0.2, 0.25) is 5.02 Å². The fraction of sp³-hybridized carbons (Fsp3) is 0. The molecule has 0 aliphatic rings. The molecule has 0 atom stereocenters. The van der Waals surface area contributed by atoms with Crippen molar-refractivity contribution in [3.63, 3.8) is 0 Å². The lowest BCUT2D eigenvalue weighted by atomic mass is 10.3. The van der Waals surface area contributed by atoms with Gasteiger partial charge in [-0.1, -0.05) is 11.6 Å². The van der Waals surface area contributed by atoms with Crippen LogP contribution in [-0.2, 0) is 10.1 Å². The Labute approximate surface area is 79.5 Å². The molecule has 7 heteroatoms. The minimum atomic E-state index is -4.74. The van der Waals surface area contributed by atoms with E-state index >= 15 is 0 Å². The molecule has 0 saturated carbocycles. The fourth-order valence-corrected chi connectivity index (χ4v) is 1.70. The lowest BCUT2D eigenvalue weighted by Crippen LogP contribution is -2.00. The first-order valence-electron chi connectivity index (χ1n) is 3.06. The number of hydrogen-bond acceptors (Lipinski definition) is 5. The smallest absolute Gasteiger partial charge is 0.156 e. The SMILES string of the molecule is Nc1cc(Cl)cc(S(=O)(=O)[O-])c1O. The Balaban J connectivity index is 3.56. The van der Waals surface area contributed by atoms with Crippen molar-refractivity contribution in [1.29, 1.82) is 0 Å². The van der Waals surface area contributed by atoms with Crippen LogP contribution in [0.25, 0.3) is 0 Å². The second-order valence-corrected chi connectivity index (χ2v) is 4.08. The normalized spacial score (nSPS) is 11.5. The van der Waals surface area contributed by atoms with Gasteiger partial charge in [0.1, 0.15) is 10.1 Å². The Morgan fingerprint density at radius 2 is 2.00 bits per heavy atom. The third-order valence-electron chi connectivity index (χ3n) is 1.34. The predicted octanol–water partition coefficient (Wildman–Crippen LogP) is 0.532. The van der Waals surface area contributed by atoms with Crippen LogP contribution in [0.3, 0.4) is 0 Å². The van der Waals surface area contributed by atoms with Crippen molar-refractivity contribution in [3.8, 4) is 5.75 Å². The minimum Gasteiger partial charge on any atom is -0.744 e. The molecule has 0 unspecified atom stereocenters. The summed E-state index contributed by atoms with van der Waals surface area (Å²) in [5.74, 6) is -0.764. The summed E-state index contributed by atoms with van der Waals surface area (Å²) in [6.45, 7) is 0. The number of aromatic hydroxyl groups is 1. The highest BCUT2D eigenvalue weighted by Gasteiger charge is 2.12. The molecule has 0 heterocycles. The van der Waals surface area contributed by atoms with Crippen LogP contribution in [0.1, 0.15) is 0 Å². The van der Waals surface area contributed by atoms with E-state index in [4.69, 9.17) is 22.4 Å². The molecule has 0 spiro atoms. The van der Waals surface area contributed by atoms with E-state index in [2.05, 4.69) is 0 Å². The molecule has 72 valence electrons. The molecule has 1 rings (SSSR count). The molecule has 1 aromatic rings. The number of benzene rings is 1. The molecule has 0 radical (unpaired) electrons. The average molecular weight is 223 g/mol. The van der Waals surface area contributed by atoms with E-state index in [0.717, 1.165) is 12.1 Å². The summed E-state index contributed by atoms with van der Waals surface area (Å²) in [7, 11) is -4.74. The van der Waals surface area contributed by atoms with Gasteiger partial charge in [-0.15, -0.1) is 0 Å². The van der Waals surface area contributed by atoms with Crippen molar-refractivity contribution in [2.24, 2.45) is 0 Å². The quantitative estimate of drug-likeness (QED) is 0.410. The summed E-state index contributed by atoms with van der Waals surface area (Å²) < 4.78 is 31.6. The third-order valence-corrected chi connectivity index (χ3v) is 2.41. The lowest BCUT2D eigenvalue weighted by Gasteiger charge is -2.10. The number of phenols is 1. The molecule has 0 saturated heterocycles. The number of anilines is 1. The Kier molecular flexibility index (Phi) is 2.38. The molecule has 5 nitrogen and oxygen atoms in total. The third kappa shape index (κ3) is 2.03. The van der Waals surface area contributed by atoms with Crippen molar-refractivity contribution in [1.82, 2.24) is 0 Å². The van der Waals surface area contributed by atoms with E-state index in [0.29, 0.717) is 0 Å². The molecule has 0 aromatic heterocycles.